The maximum Gasteiger partial charge on any atom is 0.356 e. The molecule has 0 bridgehead atoms. The molecule has 7 heteroatoms. The van der Waals surface area contributed by atoms with Crippen LogP contribution in [0.25, 0.3) is 0 Å². The van der Waals surface area contributed by atoms with Crippen LogP contribution in [0.5, 0.6) is 0 Å². The molecule has 0 unspecified atom stereocenters. The Balaban J connectivity index is 1.93. The van der Waals surface area contributed by atoms with Gasteiger partial charge in [0.1, 0.15) is 5.69 Å². The van der Waals surface area contributed by atoms with Gasteiger partial charge in [0, 0.05) is 25.7 Å². The van der Waals surface area contributed by atoms with Crippen LogP contribution in [-0.2, 0) is 16.0 Å². The van der Waals surface area contributed by atoms with E-state index in [2.05, 4.69) is 10.00 Å². The van der Waals surface area contributed by atoms with Crippen molar-refractivity contribution in [2.45, 2.75) is 13.5 Å². The third-order valence-electron chi connectivity index (χ3n) is 3.03. The van der Waals surface area contributed by atoms with Crippen molar-refractivity contribution in [3.8, 4) is 0 Å². The summed E-state index contributed by atoms with van der Waals surface area (Å²) in [4.78, 5) is 25.4. The summed E-state index contributed by atoms with van der Waals surface area (Å²) in [5.41, 5.74) is -0.00913. The Kier molecular flexibility index (Phi) is 4.75. The fraction of sp³-hybridized carbons (Fsp3) is 0.667. The second-order valence-corrected chi connectivity index (χ2v) is 4.33. The first kappa shape index (κ1) is 13.8. The summed E-state index contributed by atoms with van der Waals surface area (Å²) in [7, 11) is 0. The van der Waals surface area contributed by atoms with Gasteiger partial charge in [-0.1, -0.05) is 0 Å². The number of esters is 1. The van der Waals surface area contributed by atoms with Crippen LogP contribution in [-0.4, -0.2) is 60.1 Å². The molecule has 1 N–H and O–H groups in total. The molecule has 1 aliphatic heterocycles. The highest BCUT2D eigenvalue weighted by Crippen LogP contribution is 1.98. The highest BCUT2D eigenvalue weighted by atomic mass is 16.5. The van der Waals surface area contributed by atoms with E-state index in [1.165, 1.54) is 10.7 Å². The number of nitrogens with one attached hydrogen (secondary N) is 1. The molecule has 0 spiro atoms. The van der Waals surface area contributed by atoms with Crippen LogP contribution in [0.1, 0.15) is 17.4 Å². The van der Waals surface area contributed by atoms with Gasteiger partial charge in [-0.15, -0.1) is 0 Å². The zero-order valence-corrected chi connectivity index (χ0v) is 11.1. The monoisotopic (exact) mass is 269 g/mol. The summed E-state index contributed by atoms with van der Waals surface area (Å²) in [6.45, 7) is 6.51. The average molecular weight is 269 g/mol. The van der Waals surface area contributed by atoms with Crippen LogP contribution in [0.2, 0.25) is 0 Å². The van der Waals surface area contributed by atoms with Gasteiger partial charge in [-0.25, -0.2) is 4.79 Å². The number of hydrogen-bond donors (Lipinski definition) is 1. The van der Waals surface area contributed by atoms with Gasteiger partial charge in [0.2, 0.25) is 0 Å². The Morgan fingerprint density at radius 2 is 2.16 bits per heavy atom. The van der Waals surface area contributed by atoms with Gasteiger partial charge in [-0.2, -0.15) is 0 Å². The van der Waals surface area contributed by atoms with Crippen molar-refractivity contribution < 1.29 is 14.3 Å². The lowest BCUT2D eigenvalue weighted by Gasteiger charge is -2.26. The van der Waals surface area contributed by atoms with Gasteiger partial charge in [0.25, 0.3) is 5.56 Å². The number of rotatable bonds is 5. The van der Waals surface area contributed by atoms with Gasteiger partial charge in [-0.3, -0.25) is 19.5 Å². The van der Waals surface area contributed by atoms with Crippen LogP contribution in [0, 0.1) is 0 Å². The Morgan fingerprint density at radius 1 is 1.42 bits per heavy atom. The number of hydrogen-bond acceptors (Lipinski definition) is 5. The Bertz CT molecular complexity index is 474. The number of aromatic nitrogens is 2. The summed E-state index contributed by atoms with van der Waals surface area (Å²) in [6, 6.07) is 1.28. The number of ether oxygens (including phenoxy) is 2. The van der Waals surface area contributed by atoms with E-state index < -0.39 is 5.97 Å². The summed E-state index contributed by atoms with van der Waals surface area (Å²) in [6.07, 6.45) is 0. The fourth-order valence-electron chi connectivity index (χ4n) is 1.98. The normalized spacial score (nSPS) is 16.5. The smallest absolute Gasteiger partial charge is 0.356 e. The van der Waals surface area contributed by atoms with Gasteiger partial charge < -0.3 is 9.47 Å². The van der Waals surface area contributed by atoms with E-state index >= 15 is 0 Å². The molecule has 0 saturated carbocycles. The molecule has 1 aromatic heterocycles. The van der Waals surface area contributed by atoms with Gasteiger partial charge in [-0.05, 0) is 6.92 Å². The standard InChI is InChI=1S/C12H19N3O4/c1-2-19-12(17)10-9-11(16)15(13-10)4-3-14-5-7-18-8-6-14/h9,13H,2-8H2,1H3. The maximum atomic E-state index is 11.7. The first-order valence-electron chi connectivity index (χ1n) is 6.47. The van der Waals surface area contributed by atoms with Crippen molar-refractivity contribution in [3.05, 3.63) is 22.1 Å². The highest BCUT2D eigenvalue weighted by molar-refractivity contribution is 5.86. The third-order valence-corrected chi connectivity index (χ3v) is 3.03. The zero-order valence-electron chi connectivity index (χ0n) is 11.1. The summed E-state index contributed by atoms with van der Waals surface area (Å²) < 4.78 is 11.5. The maximum absolute atomic E-state index is 11.7. The average Bonchev–Trinajstić information content (AvgIpc) is 2.79. The molecule has 1 saturated heterocycles. The number of nitrogens with zero attached hydrogens (tertiary/aromatic N) is 2. The summed E-state index contributed by atoms with van der Waals surface area (Å²) >= 11 is 0. The molecular formula is C12H19N3O4. The minimum Gasteiger partial charge on any atom is -0.461 e. The molecule has 0 aromatic carbocycles. The first-order valence-corrected chi connectivity index (χ1v) is 6.47. The minimum atomic E-state index is -0.496. The van der Waals surface area contributed by atoms with Crippen LogP contribution in [0.4, 0.5) is 0 Å². The van der Waals surface area contributed by atoms with E-state index in [4.69, 9.17) is 9.47 Å². The number of aromatic amines is 1. The second-order valence-electron chi connectivity index (χ2n) is 4.33. The topological polar surface area (TPSA) is 76.6 Å². The third kappa shape index (κ3) is 3.68. The van der Waals surface area contributed by atoms with Crippen molar-refractivity contribution >= 4 is 5.97 Å². The van der Waals surface area contributed by atoms with E-state index in [1.54, 1.807) is 6.92 Å². The molecule has 2 heterocycles. The van der Waals surface area contributed by atoms with Crippen molar-refractivity contribution in [3.63, 3.8) is 0 Å². The summed E-state index contributed by atoms with van der Waals surface area (Å²) in [5, 5.41) is 2.78. The molecule has 7 nitrogen and oxygen atoms in total. The molecule has 1 aliphatic rings. The lowest BCUT2D eigenvalue weighted by molar-refractivity contribution is 0.0358. The van der Waals surface area contributed by atoms with Crippen LogP contribution in [0.3, 0.4) is 0 Å². The Labute approximate surface area is 111 Å². The largest absolute Gasteiger partial charge is 0.461 e. The first-order chi connectivity index (χ1) is 9.20. The zero-order chi connectivity index (χ0) is 13.7. The number of H-pyrrole nitrogens is 1. The number of morpholine rings is 1. The molecule has 0 atom stereocenters. The second kappa shape index (κ2) is 6.53. The molecule has 2 rings (SSSR count). The van der Waals surface area contributed by atoms with E-state index in [1.807, 2.05) is 0 Å². The molecule has 0 amide bonds. The molecule has 106 valence electrons. The SMILES string of the molecule is CCOC(=O)c1cc(=O)n(CCN2CCOCC2)[nH]1. The Hall–Kier alpha value is -1.60. The predicted octanol–water partition coefficient (Wildman–Crippen LogP) is -0.315. The molecule has 0 radical (unpaired) electrons. The highest BCUT2D eigenvalue weighted by Gasteiger charge is 2.14. The van der Waals surface area contributed by atoms with E-state index in [9.17, 15) is 9.59 Å². The van der Waals surface area contributed by atoms with Crippen LogP contribution >= 0.6 is 0 Å². The van der Waals surface area contributed by atoms with E-state index in [0.29, 0.717) is 13.2 Å². The van der Waals surface area contributed by atoms with E-state index in [0.717, 1.165) is 32.8 Å². The summed E-state index contributed by atoms with van der Waals surface area (Å²) in [5.74, 6) is -0.496. The fourth-order valence-corrected chi connectivity index (χ4v) is 1.98. The van der Waals surface area contributed by atoms with E-state index in [-0.39, 0.29) is 11.3 Å². The van der Waals surface area contributed by atoms with Crippen molar-refractivity contribution in [1.29, 1.82) is 0 Å². The van der Waals surface area contributed by atoms with Gasteiger partial charge in [0.05, 0.1) is 26.4 Å². The molecule has 19 heavy (non-hydrogen) atoms. The number of carbonyl (C=O) groups excluding carboxylic acids is 1. The molecule has 0 aliphatic carbocycles. The minimum absolute atomic E-state index is 0.203. The molecule has 1 aromatic rings. The predicted molar refractivity (Wildman–Crippen MR) is 68.3 cm³/mol. The molecular weight excluding hydrogens is 250 g/mol. The quantitative estimate of drug-likeness (QED) is 0.742. The number of carbonyl (C=O) groups is 1. The van der Waals surface area contributed by atoms with Crippen LogP contribution in [0.15, 0.2) is 10.9 Å². The lowest BCUT2D eigenvalue weighted by atomic mass is 10.4. The van der Waals surface area contributed by atoms with Crippen molar-refractivity contribution in [2.75, 3.05) is 39.5 Å². The van der Waals surface area contributed by atoms with Crippen molar-refractivity contribution in [2.24, 2.45) is 0 Å². The van der Waals surface area contributed by atoms with Crippen molar-refractivity contribution in [1.82, 2.24) is 14.7 Å². The lowest BCUT2D eigenvalue weighted by Crippen LogP contribution is -2.39. The van der Waals surface area contributed by atoms with Gasteiger partial charge in [0.15, 0.2) is 0 Å². The Morgan fingerprint density at radius 3 is 2.84 bits per heavy atom. The molecule has 1 fully saturated rings. The van der Waals surface area contributed by atoms with Gasteiger partial charge >= 0.3 is 5.97 Å². The van der Waals surface area contributed by atoms with Crippen LogP contribution < -0.4 is 5.56 Å².